The summed E-state index contributed by atoms with van der Waals surface area (Å²) < 4.78 is 5.26. The summed E-state index contributed by atoms with van der Waals surface area (Å²) in [6.45, 7) is 8.04. The lowest BCUT2D eigenvalue weighted by Crippen LogP contribution is -2.35. The summed E-state index contributed by atoms with van der Waals surface area (Å²) in [4.78, 5) is 11.7. The van der Waals surface area contributed by atoms with Crippen LogP contribution in [0.5, 0.6) is 0 Å². The van der Waals surface area contributed by atoms with Gasteiger partial charge in [0.2, 0.25) is 0 Å². The first kappa shape index (κ1) is 18.2. The Bertz CT molecular complexity index is 447. The second-order valence-electron chi connectivity index (χ2n) is 9.81. The molecule has 0 aliphatic heterocycles. The Balaban J connectivity index is 1.29. The fourth-order valence-corrected chi connectivity index (χ4v) is 6.29. The summed E-state index contributed by atoms with van der Waals surface area (Å²) in [5, 5.41) is 2.87. The Morgan fingerprint density at radius 1 is 1.21 bits per heavy atom. The number of nitrogens with two attached hydrogens (primary N) is 1. The van der Waals surface area contributed by atoms with E-state index in [2.05, 4.69) is 25.0 Å². The lowest BCUT2D eigenvalue weighted by molar-refractivity contribution is 0.150. The molecule has 4 aliphatic rings. The lowest BCUT2D eigenvalue weighted by atomic mass is 9.73. The van der Waals surface area contributed by atoms with E-state index in [4.69, 9.17) is 10.5 Å². The molecule has 6 atom stereocenters. The quantitative estimate of drug-likeness (QED) is 0.652. The SMILES string of the molecule is C[Si](C)(C)CCOC(=O)NCC[C@@H](N)C[C@H]1[C@H]2C[C@@H]3C[C@@H](C2)[C@@H]1C3. The number of ether oxygens (including phenoxy) is 1. The number of hydrogen-bond acceptors (Lipinski definition) is 3. The van der Waals surface area contributed by atoms with Gasteiger partial charge in [0.05, 0.1) is 6.61 Å². The molecule has 4 aliphatic carbocycles. The Hall–Kier alpha value is -0.553. The van der Waals surface area contributed by atoms with Crippen molar-refractivity contribution >= 4 is 14.2 Å². The molecule has 4 nitrogen and oxygen atoms in total. The molecule has 0 radical (unpaired) electrons. The normalized spacial score (nSPS) is 35.2. The number of carbonyl (C=O) groups is 1. The molecule has 0 spiro atoms. The van der Waals surface area contributed by atoms with Crippen molar-refractivity contribution in [3.05, 3.63) is 0 Å². The van der Waals surface area contributed by atoms with Crippen molar-refractivity contribution < 1.29 is 9.53 Å². The van der Waals surface area contributed by atoms with Crippen molar-refractivity contribution in [1.29, 1.82) is 0 Å². The minimum atomic E-state index is -1.13. The highest BCUT2D eigenvalue weighted by Crippen LogP contribution is 2.61. The summed E-state index contributed by atoms with van der Waals surface area (Å²) in [5.74, 6) is 4.86. The number of carbonyl (C=O) groups excluding carboxylic acids is 1. The predicted molar refractivity (Wildman–Crippen MR) is 101 cm³/mol. The van der Waals surface area contributed by atoms with E-state index in [-0.39, 0.29) is 12.1 Å². The number of nitrogens with one attached hydrogen (secondary N) is 1. The first-order chi connectivity index (χ1) is 11.3. The number of alkyl carbamates (subject to hydrolysis) is 1. The predicted octanol–water partition coefficient (Wildman–Crippen LogP) is 3.84. The zero-order valence-corrected chi connectivity index (χ0v) is 16.7. The van der Waals surface area contributed by atoms with E-state index in [1.54, 1.807) is 0 Å². The van der Waals surface area contributed by atoms with Crippen LogP contribution < -0.4 is 11.1 Å². The molecular weight excluding hydrogens is 316 g/mol. The van der Waals surface area contributed by atoms with Crippen molar-refractivity contribution in [3.8, 4) is 0 Å². The highest BCUT2D eigenvalue weighted by Gasteiger charge is 2.53. The number of rotatable bonds is 8. The minimum absolute atomic E-state index is 0.218. The van der Waals surface area contributed by atoms with Crippen LogP contribution >= 0.6 is 0 Å². The first-order valence-electron chi connectivity index (χ1n) is 9.98. The molecular formula is C19H36N2O2Si. The zero-order chi connectivity index (χ0) is 17.3. The fraction of sp³-hybridized carbons (Fsp3) is 0.947. The summed E-state index contributed by atoms with van der Waals surface area (Å²) in [6.07, 6.45) is 7.65. The third-order valence-corrected chi connectivity index (χ3v) is 8.39. The van der Waals surface area contributed by atoms with Gasteiger partial charge in [0.15, 0.2) is 0 Å². The molecule has 0 aromatic rings. The van der Waals surface area contributed by atoms with Gasteiger partial charge >= 0.3 is 6.09 Å². The highest BCUT2D eigenvalue weighted by molar-refractivity contribution is 6.76. The summed E-state index contributed by atoms with van der Waals surface area (Å²) in [7, 11) is -1.13. The average molecular weight is 353 g/mol. The van der Waals surface area contributed by atoms with Gasteiger partial charge in [-0.3, -0.25) is 0 Å². The average Bonchev–Trinajstić information content (AvgIpc) is 2.88. The third-order valence-electron chi connectivity index (χ3n) is 6.69. The number of hydrogen-bond donors (Lipinski definition) is 2. The van der Waals surface area contributed by atoms with Crippen LogP contribution in [-0.2, 0) is 4.74 Å². The number of amides is 1. The van der Waals surface area contributed by atoms with Gasteiger partial charge in [-0.2, -0.15) is 0 Å². The molecule has 4 saturated carbocycles. The fourth-order valence-electron chi connectivity index (χ4n) is 5.57. The monoisotopic (exact) mass is 352 g/mol. The van der Waals surface area contributed by atoms with Gasteiger partial charge in [0, 0.05) is 20.7 Å². The van der Waals surface area contributed by atoms with E-state index in [9.17, 15) is 4.79 Å². The van der Waals surface area contributed by atoms with E-state index >= 15 is 0 Å². The summed E-state index contributed by atoms with van der Waals surface area (Å²) in [5.41, 5.74) is 6.37. The molecule has 1 amide bonds. The van der Waals surface area contributed by atoms with Crippen LogP contribution in [0, 0.1) is 29.6 Å². The molecule has 0 aromatic heterocycles. The van der Waals surface area contributed by atoms with E-state index in [1.165, 1.54) is 25.7 Å². The van der Waals surface area contributed by atoms with Gasteiger partial charge in [-0.05, 0) is 74.2 Å². The lowest BCUT2D eigenvalue weighted by Gasteiger charge is -2.33. The molecule has 3 N–H and O–H groups in total. The van der Waals surface area contributed by atoms with E-state index < -0.39 is 8.07 Å². The van der Waals surface area contributed by atoms with Crippen LogP contribution in [0.4, 0.5) is 4.79 Å². The Kier molecular flexibility index (Phi) is 5.60. The largest absolute Gasteiger partial charge is 0.450 e. The van der Waals surface area contributed by atoms with Gasteiger partial charge in [0.25, 0.3) is 0 Å². The van der Waals surface area contributed by atoms with E-state index in [0.29, 0.717) is 13.2 Å². The van der Waals surface area contributed by atoms with Gasteiger partial charge < -0.3 is 15.8 Å². The van der Waals surface area contributed by atoms with E-state index in [1.807, 2.05) is 0 Å². The molecule has 138 valence electrons. The van der Waals surface area contributed by atoms with Gasteiger partial charge in [0.1, 0.15) is 0 Å². The molecule has 4 rings (SSSR count). The Morgan fingerprint density at radius 2 is 1.96 bits per heavy atom. The smallest absolute Gasteiger partial charge is 0.407 e. The summed E-state index contributed by atoms with van der Waals surface area (Å²) >= 11 is 0. The highest BCUT2D eigenvalue weighted by atomic mass is 28.3. The first-order valence-corrected chi connectivity index (χ1v) is 13.7. The maximum absolute atomic E-state index is 11.7. The standard InChI is InChI=1S/C19H36N2O2Si/c1-24(2,3)7-6-23-19(22)21-5-4-16(20)12-18-15-9-13-8-14(11-15)17(18)10-13/h13-18H,4-12,20H2,1-3H3,(H,21,22)/t13-,14-,15-,16+,17-,18-/m0/s1. The van der Waals surface area contributed by atoms with Crippen LogP contribution in [-0.4, -0.2) is 33.4 Å². The molecule has 0 heterocycles. The third kappa shape index (κ3) is 4.54. The molecule has 4 bridgehead atoms. The maximum Gasteiger partial charge on any atom is 0.407 e. The maximum atomic E-state index is 11.7. The van der Waals surface area contributed by atoms with Gasteiger partial charge in [-0.1, -0.05) is 19.6 Å². The van der Waals surface area contributed by atoms with E-state index in [0.717, 1.165) is 48.5 Å². The van der Waals surface area contributed by atoms with Crippen LogP contribution in [0.1, 0.15) is 38.5 Å². The molecule has 5 heteroatoms. The molecule has 0 saturated heterocycles. The van der Waals surface area contributed by atoms with Crippen molar-refractivity contribution in [1.82, 2.24) is 5.32 Å². The topological polar surface area (TPSA) is 64.3 Å². The summed E-state index contributed by atoms with van der Waals surface area (Å²) in [6, 6.07) is 1.24. The molecule has 0 aromatic carbocycles. The van der Waals surface area contributed by atoms with Crippen molar-refractivity contribution in [2.45, 2.75) is 70.3 Å². The Labute approximate surface area is 148 Å². The second-order valence-corrected chi connectivity index (χ2v) is 15.4. The molecule has 24 heavy (non-hydrogen) atoms. The minimum Gasteiger partial charge on any atom is -0.450 e. The van der Waals surface area contributed by atoms with Crippen LogP contribution in [0.15, 0.2) is 0 Å². The van der Waals surface area contributed by atoms with Crippen molar-refractivity contribution in [2.24, 2.45) is 35.3 Å². The Morgan fingerprint density at radius 3 is 2.67 bits per heavy atom. The van der Waals surface area contributed by atoms with Crippen molar-refractivity contribution in [3.63, 3.8) is 0 Å². The van der Waals surface area contributed by atoms with Crippen LogP contribution in [0.3, 0.4) is 0 Å². The second kappa shape index (κ2) is 7.36. The molecule has 4 fully saturated rings. The van der Waals surface area contributed by atoms with Crippen molar-refractivity contribution in [2.75, 3.05) is 13.2 Å². The molecule has 0 unspecified atom stereocenters. The van der Waals surface area contributed by atoms with Crippen LogP contribution in [0.25, 0.3) is 0 Å². The van der Waals surface area contributed by atoms with Gasteiger partial charge in [-0.25, -0.2) is 4.79 Å². The van der Waals surface area contributed by atoms with Crippen LogP contribution in [0.2, 0.25) is 25.7 Å². The zero-order valence-electron chi connectivity index (χ0n) is 15.7. The van der Waals surface area contributed by atoms with Gasteiger partial charge in [-0.15, -0.1) is 0 Å².